The fourth-order valence-electron chi connectivity index (χ4n) is 2.55. The van der Waals surface area contributed by atoms with Crippen molar-refractivity contribution in [2.24, 2.45) is 0 Å². The minimum absolute atomic E-state index is 0.117. The normalized spacial score (nSPS) is 10.3. The molecule has 0 unspecified atom stereocenters. The first-order valence-corrected chi connectivity index (χ1v) is 9.98. The molecular weight excluding hydrogens is 404 g/mol. The van der Waals surface area contributed by atoms with Gasteiger partial charge in [0.05, 0.1) is 10.7 Å². The highest BCUT2D eigenvalue weighted by atomic mass is 32.2. The molecule has 0 saturated heterocycles. The Morgan fingerprint density at radius 2 is 1.73 bits per heavy atom. The second kappa shape index (κ2) is 10.2. The van der Waals surface area contributed by atoms with Crippen molar-refractivity contribution in [3.05, 3.63) is 94.5 Å². The molecular formula is C22H18N2O5S. The lowest BCUT2D eigenvalue weighted by molar-refractivity contribution is -0.384. The molecule has 0 fully saturated rings. The van der Waals surface area contributed by atoms with Crippen molar-refractivity contribution in [2.75, 3.05) is 17.7 Å². The van der Waals surface area contributed by atoms with Crippen LogP contribution in [0.15, 0.2) is 83.8 Å². The van der Waals surface area contributed by atoms with Crippen molar-refractivity contribution in [1.29, 1.82) is 0 Å². The molecule has 0 aliphatic carbocycles. The molecule has 0 aliphatic heterocycles. The number of ether oxygens (including phenoxy) is 1. The number of para-hydroxylation sites is 1. The van der Waals surface area contributed by atoms with Gasteiger partial charge in [-0.1, -0.05) is 36.4 Å². The van der Waals surface area contributed by atoms with E-state index in [1.54, 1.807) is 36.4 Å². The second-order valence-corrected chi connectivity index (χ2v) is 7.25. The summed E-state index contributed by atoms with van der Waals surface area (Å²) in [4.78, 5) is 35.5. The molecule has 3 aromatic carbocycles. The summed E-state index contributed by atoms with van der Waals surface area (Å²) in [6.45, 7) is -0.118. The fourth-order valence-corrected chi connectivity index (χ4v) is 3.40. The minimum atomic E-state index is -0.530. The number of nitro groups is 1. The van der Waals surface area contributed by atoms with Crippen LogP contribution in [0.5, 0.6) is 5.75 Å². The zero-order valence-electron chi connectivity index (χ0n) is 15.8. The lowest BCUT2D eigenvalue weighted by atomic mass is 10.1. The number of hydrogen-bond donors (Lipinski definition) is 1. The summed E-state index contributed by atoms with van der Waals surface area (Å²) in [6.07, 6.45) is 0. The highest BCUT2D eigenvalue weighted by molar-refractivity contribution is 8.00. The first-order chi connectivity index (χ1) is 14.5. The topological polar surface area (TPSA) is 98.5 Å². The zero-order chi connectivity index (χ0) is 21.3. The highest BCUT2D eigenvalue weighted by Gasteiger charge is 2.12. The Morgan fingerprint density at radius 3 is 2.50 bits per heavy atom. The fraction of sp³-hybridized carbons (Fsp3) is 0.0909. The number of ketones is 1. The number of benzene rings is 3. The van der Waals surface area contributed by atoms with E-state index in [1.165, 1.54) is 30.0 Å². The van der Waals surface area contributed by atoms with Crippen LogP contribution in [0.4, 0.5) is 11.4 Å². The Hall–Kier alpha value is -3.65. The van der Waals surface area contributed by atoms with Crippen LogP contribution in [0.3, 0.4) is 0 Å². The summed E-state index contributed by atoms with van der Waals surface area (Å²) in [6, 6.07) is 21.8. The van der Waals surface area contributed by atoms with E-state index in [0.717, 1.165) is 4.90 Å². The first-order valence-electron chi connectivity index (χ1n) is 8.99. The van der Waals surface area contributed by atoms with Gasteiger partial charge in [0.1, 0.15) is 5.75 Å². The van der Waals surface area contributed by atoms with Gasteiger partial charge in [-0.2, -0.15) is 0 Å². The van der Waals surface area contributed by atoms with Crippen molar-refractivity contribution >= 4 is 34.8 Å². The maximum atomic E-state index is 12.3. The number of carbonyl (C=O) groups excluding carboxylic acids is 2. The molecule has 1 N–H and O–H groups in total. The molecule has 0 radical (unpaired) electrons. The Balaban J connectivity index is 1.53. The van der Waals surface area contributed by atoms with Gasteiger partial charge in [-0.25, -0.2) is 0 Å². The van der Waals surface area contributed by atoms with E-state index < -0.39 is 4.92 Å². The average molecular weight is 422 g/mol. The number of anilines is 1. The van der Waals surface area contributed by atoms with Crippen LogP contribution in [0.2, 0.25) is 0 Å². The van der Waals surface area contributed by atoms with E-state index >= 15 is 0 Å². The van der Waals surface area contributed by atoms with Gasteiger partial charge in [-0.05, 0) is 30.3 Å². The number of non-ortho nitro benzene ring substituents is 1. The molecule has 0 aromatic heterocycles. The van der Waals surface area contributed by atoms with Gasteiger partial charge >= 0.3 is 0 Å². The molecule has 0 heterocycles. The van der Waals surface area contributed by atoms with Gasteiger partial charge in [0.15, 0.2) is 12.4 Å². The number of nitro benzene ring substituents is 1. The summed E-state index contributed by atoms with van der Waals surface area (Å²) in [5, 5.41) is 13.6. The molecule has 1 amide bonds. The van der Waals surface area contributed by atoms with Gasteiger partial charge in [-0.15, -0.1) is 11.8 Å². The molecule has 30 heavy (non-hydrogen) atoms. The Bertz CT molecular complexity index is 1060. The maximum Gasteiger partial charge on any atom is 0.270 e. The van der Waals surface area contributed by atoms with Crippen molar-refractivity contribution in [1.82, 2.24) is 0 Å². The standard InChI is InChI=1S/C22H18N2O5S/c25-21(16-6-4-8-18(12-16)24(27)28)15-30-20-11-5-7-17(13-20)23-22(26)14-29-19-9-2-1-3-10-19/h1-13H,14-15H2,(H,23,26). The van der Waals surface area contributed by atoms with Crippen LogP contribution < -0.4 is 10.1 Å². The number of rotatable bonds is 9. The van der Waals surface area contributed by atoms with E-state index in [4.69, 9.17) is 4.74 Å². The second-order valence-electron chi connectivity index (χ2n) is 6.20. The maximum absolute atomic E-state index is 12.3. The van der Waals surface area contributed by atoms with Crippen molar-refractivity contribution in [3.8, 4) is 5.75 Å². The van der Waals surface area contributed by atoms with E-state index in [0.29, 0.717) is 17.0 Å². The highest BCUT2D eigenvalue weighted by Crippen LogP contribution is 2.23. The number of thioether (sulfide) groups is 1. The molecule has 0 atom stereocenters. The minimum Gasteiger partial charge on any atom is -0.484 e. The summed E-state index contributed by atoms with van der Waals surface area (Å²) < 4.78 is 5.41. The summed E-state index contributed by atoms with van der Waals surface area (Å²) in [7, 11) is 0. The molecule has 0 saturated carbocycles. The van der Waals surface area contributed by atoms with Crippen LogP contribution >= 0.6 is 11.8 Å². The summed E-state index contributed by atoms with van der Waals surface area (Å²) >= 11 is 1.29. The third-order valence-corrected chi connectivity index (χ3v) is 4.97. The van der Waals surface area contributed by atoms with E-state index in [9.17, 15) is 19.7 Å². The number of nitrogens with zero attached hydrogens (tertiary/aromatic N) is 1. The summed E-state index contributed by atoms with van der Waals surface area (Å²) in [5.41, 5.74) is 0.761. The molecule has 3 rings (SSSR count). The largest absolute Gasteiger partial charge is 0.484 e. The van der Waals surface area contributed by atoms with Crippen molar-refractivity contribution < 1.29 is 19.2 Å². The third kappa shape index (κ3) is 6.18. The Kier molecular flexibility index (Phi) is 7.18. The monoisotopic (exact) mass is 422 g/mol. The predicted octanol–water partition coefficient (Wildman–Crippen LogP) is 4.59. The SMILES string of the molecule is O=C(COc1ccccc1)Nc1cccc(SCC(=O)c2cccc([N+](=O)[O-])c2)c1. The smallest absolute Gasteiger partial charge is 0.270 e. The Labute approximate surface area is 177 Å². The number of carbonyl (C=O) groups is 2. The van der Waals surface area contributed by atoms with Gasteiger partial charge in [-0.3, -0.25) is 19.7 Å². The number of nitrogens with one attached hydrogen (secondary N) is 1. The van der Waals surface area contributed by atoms with Gasteiger partial charge in [0.2, 0.25) is 0 Å². The molecule has 0 spiro atoms. The van der Waals surface area contributed by atoms with E-state index in [2.05, 4.69) is 5.32 Å². The van der Waals surface area contributed by atoms with E-state index in [1.807, 2.05) is 24.3 Å². The molecule has 3 aromatic rings. The summed E-state index contributed by atoms with van der Waals surface area (Å²) in [5.74, 6) is 0.218. The predicted molar refractivity (Wildman–Crippen MR) is 115 cm³/mol. The Morgan fingerprint density at radius 1 is 0.967 bits per heavy atom. The molecule has 152 valence electrons. The molecule has 0 bridgehead atoms. The lowest BCUT2D eigenvalue weighted by Crippen LogP contribution is -2.20. The average Bonchev–Trinajstić information content (AvgIpc) is 2.77. The number of hydrogen-bond acceptors (Lipinski definition) is 6. The molecule has 0 aliphatic rings. The van der Waals surface area contributed by atoms with Gasteiger partial charge in [0.25, 0.3) is 11.6 Å². The van der Waals surface area contributed by atoms with Crippen molar-refractivity contribution in [2.45, 2.75) is 4.90 Å². The van der Waals surface area contributed by atoms with E-state index in [-0.39, 0.29) is 29.7 Å². The van der Waals surface area contributed by atoms with Crippen LogP contribution in [-0.4, -0.2) is 29.0 Å². The van der Waals surface area contributed by atoms with Crippen LogP contribution in [-0.2, 0) is 4.79 Å². The van der Waals surface area contributed by atoms with Crippen LogP contribution in [0.25, 0.3) is 0 Å². The third-order valence-electron chi connectivity index (χ3n) is 3.98. The van der Waals surface area contributed by atoms with Gasteiger partial charge in [0, 0.05) is 28.3 Å². The lowest BCUT2D eigenvalue weighted by Gasteiger charge is -2.09. The zero-order valence-corrected chi connectivity index (χ0v) is 16.6. The number of amides is 1. The van der Waals surface area contributed by atoms with Crippen molar-refractivity contribution in [3.63, 3.8) is 0 Å². The van der Waals surface area contributed by atoms with Gasteiger partial charge < -0.3 is 10.1 Å². The first kappa shape index (κ1) is 21.1. The molecule has 8 heteroatoms. The van der Waals surface area contributed by atoms with Crippen LogP contribution in [0.1, 0.15) is 10.4 Å². The van der Waals surface area contributed by atoms with Crippen LogP contribution in [0, 0.1) is 10.1 Å². The quantitative estimate of drug-likeness (QED) is 0.234. The number of Topliss-reactive ketones (excluding diaryl/α,β-unsaturated/α-hetero) is 1. The molecule has 7 nitrogen and oxygen atoms in total.